The van der Waals surface area contributed by atoms with Crippen molar-refractivity contribution in [1.82, 2.24) is 0 Å². The number of benzene rings is 2. The number of aliphatic hydroxyl groups excluding tert-OH is 1. The monoisotopic (exact) mass is 248 g/mol. The highest BCUT2D eigenvalue weighted by atomic mass is 35.5. The summed E-state index contributed by atoms with van der Waals surface area (Å²) < 4.78 is 5.72. The van der Waals surface area contributed by atoms with E-state index in [1.165, 1.54) is 0 Å². The molecule has 0 spiro atoms. The Morgan fingerprint density at radius 1 is 1.18 bits per heavy atom. The lowest BCUT2D eigenvalue weighted by Crippen LogP contribution is -1.91. The van der Waals surface area contributed by atoms with Gasteiger partial charge in [0.15, 0.2) is 0 Å². The minimum absolute atomic E-state index is 0.0711. The van der Waals surface area contributed by atoms with Crippen molar-refractivity contribution in [2.24, 2.45) is 0 Å². The van der Waals surface area contributed by atoms with E-state index in [0.29, 0.717) is 10.8 Å². The molecule has 2 rings (SSSR count). The van der Waals surface area contributed by atoms with Crippen LogP contribution < -0.4 is 4.74 Å². The number of hydrogen-bond donors (Lipinski definition) is 1. The fraction of sp³-hybridized carbons (Fsp3) is 0.143. The number of halogens is 1. The molecule has 0 bridgehead atoms. The first-order valence-corrected chi connectivity index (χ1v) is 5.70. The molecular formula is C14H13ClO2. The molecule has 17 heavy (non-hydrogen) atoms. The van der Waals surface area contributed by atoms with E-state index in [1.54, 1.807) is 18.2 Å². The van der Waals surface area contributed by atoms with Crippen molar-refractivity contribution < 1.29 is 9.84 Å². The molecule has 0 aliphatic carbocycles. The number of aliphatic hydroxyl groups is 1. The van der Waals surface area contributed by atoms with Gasteiger partial charge in [0.2, 0.25) is 0 Å². The first-order valence-electron chi connectivity index (χ1n) is 5.33. The molecular weight excluding hydrogens is 236 g/mol. The molecule has 0 amide bonds. The Hall–Kier alpha value is -1.51. The van der Waals surface area contributed by atoms with Gasteiger partial charge in [-0.15, -0.1) is 0 Å². The fourth-order valence-electron chi connectivity index (χ4n) is 1.56. The Morgan fingerprint density at radius 2 is 2.00 bits per heavy atom. The lowest BCUT2D eigenvalue weighted by atomic mass is 10.2. The molecule has 0 saturated heterocycles. The summed E-state index contributed by atoms with van der Waals surface area (Å²) in [5, 5.41) is 9.81. The van der Waals surface area contributed by atoms with Gasteiger partial charge in [-0.1, -0.05) is 29.8 Å². The first-order chi connectivity index (χ1) is 8.19. The van der Waals surface area contributed by atoms with Crippen LogP contribution in [0.3, 0.4) is 0 Å². The van der Waals surface area contributed by atoms with Gasteiger partial charge in [0.25, 0.3) is 0 Å². The van der Waals surface area contributed by atoms with Crippen LogP contribution in [0.5, 0.6) is 11.5 Å². The molecule has 0 fully saturated rings. The number of rotatable bonds is 3. The zero-order valence-corrected chi connectivity index (χ0v) is 10.2. The van der Waals surface area contributed by atoms with Gasteiger partial charge in [0, 0.05) is 10.6 Å². The molecule has 0 saturated carbocycles. The lowest BCUT2D eigenvalue weighted by Gasteiger charge is -2.10. The molecule has 0 aliphatic heterocycles. The molecule has 2 aromatic rings. The highest BCUT2D eigenvalue weighted by Gasteiger charge is 2.05. The SMILES string of the molecule is Cc1cccc(Oc2cc(Cl)ccc2CO)c1. The van der Waals surface area contributed by atoms with E-state index in [-0.39, 0.29) is 6.61 Å². The van der Waals surface area contributed by atoms with E-state index < -0.39 is 0 Å². The highest BCUT2D eigenvalue weighted by Crippen LogP contribution is 2.28. The third-order valence-electron chi connectivity index (χ3n) is 2.42. The lowest BCUT2D eigenvalue weighted by molar-refractivity contribution is 0.276. The Morgan fingerprint density at radius 3 is 2.71 bits per heavy atom. The van der Waals surface area contributed by atoms with Gasteiger partial charge in [-0.3, -0.25) is 0 Å². The molecule has 0 atom stereocenters. The Bertz CT molecular complexity index is 523. The maximum absolute atomic E-state index is 9.22. The summed E-state index contributed by atoms with van der Waals surface area (Å²) in [5.74, 6) is 1.33. The molecule has 0 aliphatic rings. The van der Waals surface area contributed by atoms with Crippen LogP contribution >= 0.6 is 11.6 Å². The van der Waals surface area contributed by atoms with Crippen molar-refractivity contribution in [3.8, 4) is 11.5 Å². The van der Waals surface area contributed by atoms with E-state index in [4.69, 9.17) is 16.3 Å². The molecule has 0 unspecified atom stereocenters. The summed E-state index contributed by atoms with van der Waals surface area (Å²) in [5.41, 5.74) is 1.84. The van der Waals surface area contributed by atoms with Gasteiger partial charge in [-0.25, -0.2) is 0 Å². The maximum atomic E-state index is 9.22. The van der Waals surface area contributed by atoms with Crippen molar-refractivity contribution in [3.63, 3.8) is 0 Å². The summed E-state index contributed by atoms with van der Waals surface area (Å²) in [6.07, 6.45) is 0. The van der Waals surface area contributed by atoms with Crippen molar-refractivity contribution in [3.05, 3.63) is 58.6 Å². The second kappa shape index (κ2) is 5.21. The van der Waals surface area contributed by atoms with Gasteiger partial charge in [-0.2, -0.15) is 0 Å². The Kier molecular flexibility index (Phi) is 3.67. The molecule has 0 aromatic heterocycles. The van der Waals surface area contributed by atoms with Crippen LogP contribution in [0.1, 0.15) is 11.1 Å². The Labute approximate surface area is 105 Å². The molecule has 88 valence electrons. The summed E-state index contributed by atoms with van der Waals surface area (Å²) >= 11 is 5.91. The molecule has 2 nitrogen and oxygen atoms in total. The zero-order chi connectivity index (χ0) is 12.3. The summed E-state index contributed by atoms with van der Waals surface area (Å²) in [4.78, 5) is 0. The van der Waals surface area contributed by atoms with Gasteiger partial charge in [0.05, 0.1) is 6.61 Å². The highest BCUT2D eigenvalue weighted by molar-refractivity contribution is 6.30. The van der Waals surface area contributed by atoms with Crippen molar-refractivity contribution in [1.29, 1.82) is 0 Å². The quantitative estimate of drug-likeness (QED) is 0.892. The van der Waals surface area contributed by atoms with Gasteiger partial charge in [-0.05, 0) is 36.8 Å². The second-order valence-electron chi connectivity index (χ2n) is 3.83. The number of aryl methyl sites for hydroxylation is 1. The third-order valence-corrected chi connectivity index (χ3v) is 2.65. The molecule has 0 heterocycles. The van der Waals surface area contributed by atoms with E-state index in [9.17, 15) is 5.11 Å². The third kappa shape index (κ3) is 2.99. The summed E-state index contributed by atoms with van der Waals surface area (Å²) in [6, 6.07) is 12.9. The van der Waals surface area contributed by atoms with Crippen LogP contribution in [0.2, 0.25) is 5.02 Å². The predicted molar refractivity (Wildman–Crippen MR) is 68.6 cm³/mol. The van der Waals surface area contributed by atoms with Crippen LogP contribution in [0, 0.1) is 6.92 Å². The predicted octanol–water partition coefficient (Wildman–Crippen LogP) is 3.93. The molecule has 2 aromatic carbocycles. The van der Waals surface area contributed by atoms with Gasteiger partial charge in [0.1, 0.15) is 11.5 Å². The van der Waals surface area contributed by atoms with Crippen LogP contribution in [-0.2, 0) is 6.61 Å². The largest absolute Gasteiger partial charge is 0.457 e. The Balaban J connectivity index is 2.32. The average Bonchev–Trinajstić information content (AvgIpc) is 2.29. The van der Waals surface area contributed by atoms with E-state index in [2.05, 4.69) is 0 Å². The normalized spacial score (nSPS) is 10.3. The van der Waals surface area contributed by atoms with Gasteiger partial charge < -0.3 is 9.84 Å². The van der Waals surface area contributed by atoms with Gasteiger partial charge >= 0.3 is 0 Å². The molecule has 0 radical (unpaired) electrons. The fourth-order valence-corrected chi connectivity index (χ4v) is 1.72. The standard InChI is InChI=1S/C14H13ClO2/c1-10-3-2-4-13(7-10)17-14-8-12(15)6-5-11(14)9-16/h2-8,16H,9H2,1H3. The van der Waals surface area contributed by atoms with Crippen LogP contribution in [0.4, 0.5) is 0 Å². The van der Waals surface area contributed by atoms with E-state index >= 15 is 0 Å². The minimum Gasteiger partial charge on any atom is -0.457 e. The second-order valence-corrected chi connectivity index (χ2v) is 4.27. The molecule has 1 N–H and O–H groups in total. The smallest absolute Gasteiger partial charge is 0.134 e. The summed E-state index contributed by atoms with van der Waals surface area (Å²) in [6.45, 7) is 1.93. The first kappa shape index (κ1) is 12.0. The van der Waals surface area contributed by atoms with Crippen molar-refractivity contribution in [2.75, 3.05) is 0 Å². The molecule has 3 heteroatoms. The topological polar surface area (TPSA) is 29.5 Å². The van der Waals surface area contributed by atoms with Crippen LogP contribution in [-0.4, -0.2) is 5.11 Å². The van der Waals surface area contributed by atoms with E-state index in [1.807, 2.05) is 31.2 Å². The number of ether oxygens (including phenoxy) is 1. The maximum Gasteiger partial charge on any atom is 0.134 e. The minimum atomic E-state index is -0.0711. The van der Waals surface area contributed by atoms with E-state index in [0.717, 1.165) is 16.9 Å². The zero-order valence-electron chi connectivity index (χ0n) is 9.48. The van der Waals surface area contributed by atoms with Crippen molar-refractivity contribution in [2.45, 2.75) is 13.5 Å². The number of hydrogen-bond acceptors (Lipinski definition) is 2. The van der Waals surface area contributed by atoms with Crippen molar-refractivity contribution >= 4 is 11.6 Å². The summed E-state index contributed by atoms with van der Waals surface area (Å²) in [7, 11) is 0. The average molecular weight is 249 g/mol. The van der Waals surface area contributed by atoms with Crippen LogP contribution in [0.15, 0.2) is 42.5 Å². The van der Waals surface area contributed by atoms with Crippen LogP contribution in [0.25, 0.3) is 0 Å².